The lowest BCUT2D eigenvalue weighted by atomic mass is 9.76. The summed E-state index contributed by atoms with van der Waals surface area (Å²) < 4.78 is 5.04. The average Bonchev–Trinajstić information content (AvgIpc) is 3.54. The van der Waals surface area contributed by atoms with Gasteiger partial charge in [0.15, 0.2) is 11.5 Å². The van der Waals surface area contributed by atoms with Crippen molar-refractivity contribution in [3.63, 3.8) is 0 Å². The fourth-order valence-corrected chi connectivity index (χ4v) is 6.41. The molecular formula is C31H29N3O7. The van der Waals surface area contributed by atoms with Gasteiger partial charge in [-0.1, -0.05) is 25.1 Å². The molecule has 2 fully saturated rings. The van der Waals surface area contributed by atoms with Crippen LogP contribution in [-0.4, -0.2) is 46.6 Å². The van der Waals surface area contributed by atoms with Crippen LogP contribution in [0.25, 0.3) is 0 Å². The number of aryl methyl sites for hydroxylation is 1. The third-order valence-corrected chi connectivity index (χ3v) is 8.32. The van der Waals surface area contributed by atoms with Gasteiger partial charge in [-0.15, -0.1) is 0 Å². The van der Waals surface area contributed by atoms with Crippen LogP contribution in [0.5, 0.6) is 11.5 Å². The molecule has 6 rings (SSSR count). The summed E-state index contributed by atoms with van der Waals surface area (Å²) >= 11 is 0. The number of phenolic OH excluding ortho intramolecular Hbond substituents is 2. The SMILES string of the molecule is CCOC(=O)c1ccc(N2C(=O)C3C(Cc4ccc(O)c(O)c4)NC4(C(=O)Nc5ccc(CC)cc54)C3C2=O)cc1. The largest absolute Gasteiger partial charge is 0.504 e. The molecule has 0 radical (unpaired) electrons. The number of benzene rings is 3. The highest BCUT2D eigenvalue weighted by atomic mass is 16.5. The number of rotatable bonds is 6. The van der Waals surface area contributed by atoms with Crippen molar-refractivity contribution < 1.29 is 34.1 Å². The van der Waals surface area contributed by atoms with Crippen LogP contribution < -0.4 is 15.5 Å². The van der Waals surface area contributed by atoms with E-state index >= 15 is 0 Å². The van der Waals surface area contributed by atoms with E-state index in [4.69, 9.17) is 4.74 Å². The molecule has 10 nitrogen and oxygen atoms in total. The molecule has 4 unspecified atom stereocenters. The molecule has 0 aromatic heterocycles. The Balaban J connectivity index is 1.44. The first-order valence-electron chi connectivity index (χ1n) is 13.6. The van der Waals surface area contributed by atoms with E-state index in [9.17, 15) is 29.4 Å². The summed E-state index contributed by atoms with van der Waals surface area (Å²) in [5.41, 5.74) is 1.89. The van der Waals surface area contributed by atoms with Crippen molar-refractivity contribution in [1.82, 2.24) is 5.32 Å². The topological polar surface area (TPSA) is 145 Å². The molecule has 10 heteroatoms. The minimum absolute atomic E-state index is 0.210. The number of aromatic hydroxyl groups is 2. The summed E-state index contributed by atoms with van der Waals surface area (Å²) in [5, 5.41) is 26.2. The number of nitrogens with one attached hydrogen (secondary N) is 2. The van der Waals surface area contributed by atoms with Crippen LogP contribution in [0.1, 0.15) is 40.9 Å². The van der Waals surface area contributed by atoms with Crippen molar-refractivity contribution in [1.29, 1.82) is 0 Å². The standard InChI is InChI=1S/C31H29N3O7/c1-3-16-5-11-21-20(13-16)31(30(40)32-21)26-25(22(33-31)14-17-6-12-23(35)24(36)15-17)27(37)34(28(26)38)19-9-7-18(8-10-19)29(39)41-4-2/h5-13,15,22,25-26,33,35-36H,3-4,14H2,1-2H3,(H,32,40). The van der Waals surface area contributed by atoms with E-state index in [0.29, 0.717) is 28.9 Å². The van der Waals surface area contributed by atoms with Gasteiger partial charge in [0.25, 0.3) is 0 Å². The minimum atomic E-state index is -1.48. The Labute approximate surface area is 235 Å². The molecule has 3 amide bonds. The summed E-state index contributed by atoms with van der Waals surface area (Å²) in [6.45, 7) is 3.91. The zero-order valence-electron chi connectivity index (χ0n) is 22.5. The third kappa shape index (κ3) is 3.97. The average molecular weight is 556 g/mol. The molecule has 0 saturated carbocycles. The number of carbonyl (C=O) groups excluding carboxylic acids is 4. The lowest BCUT2D eigenvalue weighted by Crippen LogP contribution is -2.53. The molecule has 210 valence electrons. The molecule has 3 aliphatic rings. The number of esters is 1. The maximum atomic E-state index is 14.2. The highest BCUT2D eigenvalue weighted by Gasteiger charge is 2.70. The first kappa shape index (κ1) is 26.5. The van der Waals surface area contributed by atoms with Gasteiger partial charge in [0.05, 0.1) is 29.7 Å². The predicted octanol–water partition coefficient (Wildman–Crippen LogP) is 3.00. The summed E-state index contributed by atoms with van der Waals surface area (Å²) in [4.78, 5) is 55.3. The Morgan fingerprint density at radius 2 is 1.66 bits per heavy atom. The zero-order chi connectivity index (χ0) is 29.1. The highest BCUT2D eigenvalue weighted by molar-refractivity contribution is 6.25. The fraction of sp³-hybridized carbons (Fsp3) is 0.290. The lowest BCUT2D eigenvalue weighted by molar-refractivity contribution is -0.130. The van der Waals surface area contributed by atoms with Gasteiger partial charge in [0.1, 0.15) is 5.54 Å². The predicted molar refractivity (Wildman–Crippen MR) is 148 cm³/mol. The summed E-state index contributed by atoms with van der Waals surface area (Å²) in [5.74, 6) is -4.42. The monoisotopic (exact) mass is 555 g/mol. The van der Waals surface area contributed by atoms with Crippen molar-refractivity contribution in [2.75, 3.05) is 16.8 Å². The Morgan fingerprint density at radius 3 is 2.34 bits per heavy atom. The second-order valence-electron chi connectivity index (χ2n) is 10.6. The lowest BCUT2D eigenvalue weighted by Gasteiger charge is -2.30. The maximum Gasteiger partial charge on any atom is 0.338 e. The van der Waals surface area contributed by atoms with Crippen LogP contribution in [-0.2, 0) is 37.5 Å². The van der Waals surface area contributed by atoms with Crippen molar-refractivity contribution in [2.24, 2.45) is 11.8 Å². The van der Waals surface area contributed by atoms with Crippen molar-refractivity contribution in [3.05, 3.63) is 82.9 Å². The van der Waals surface area contributed by atoms with E-state index in [-0.39, 0.29) is 30.1 Å². The Kier molecular flexibility index (Phi) is 6.30. The van der Waals surface area contributed by atoms with Gasteiger partial charge in [-0.25, -0.2) is 9.69 Å². The maximum absolute atomic E-state index is 14.2. The number of nitrogens with zero attached hydrogens (tertiary/aromatic N) is 1. The molecule has 2 saturated heterocycles. The smallest absolute Gasteiger partial charge is 0.338 e. The fourth-order valence-electron chi connectivity index (χ4n) is 6.41. The van der Waals surface area contributed by atoms with E-state index in [0.717, 1.165) is 10.5 Å². The molecule has 4 atom stereocenters. The molecule has 1 spiro atoms. The Bertz CT molecular complexity index is 1600. The zero-order valence-corrected chi connectivity index (χ0v) is 22.5. The van der Waals surface area contributed by atoms with Crippen molar-refractivity contribution in [2.45, 2.75) is 38.3 Å². The van der Waals surface area contributed by atoms with Crippen LogP contribution in [0.15, 0.2) is 60.7 Å². The van der Waals surface area contributed by atoms with Crippen LogP contribution in [0, 0.1) is 11.8 Å². The number of imide groups is 1. The number of carbonyl (C=O) groups is 4. The molecule has 3 aromatic rings. The Hall–Kier alpha value is -4.70. The number of anilines is 2. The number of phenols is 2. The second kappa shape index (κ2) is 9.74. The van der Waals surface area contributed by atoms with Crippen LogP contribution >= 0.6 is 0 Å². The van der Waals surface area contributed by atoms with E-state index in [1.807, 2.05) is 25.1 Å². The van der Waals surface area contributed by atoms with Crippen LogP contribution in [0.4, 0.5) is 11.4 Å². The number of amides is 3. The van der Waals surface area contributed by atoms with Gasteiger partial charge in [-0.3, -0.25) is 19.7 Å². The van der Waals surface area contributed by atoms with Crippen molar-refractivity contribution in [3.8, 4) is 11.5 Å². The van der Waals surface area contributed by atoms with Crippen molar-refractivity contribution >= 4 is 35.1 Å². The molecule has 41 heavy (non-hydrogen) atoms. The quantitative estimate of drug-likeness (QED) is 0.206. The first-order valence-corrected chi connectivity index (χ1v) is 13.6. The molecule has 3 aromatic carbocycles. The second-order valence-corrected chi connectivity index (χ2v) is 10.6. The summed E-state index contributed by atoms with van der Waals surface area (Å²) in [6.07, 6.45) is 0.926. The molecule has 3 aliphatic heterocycles. The summed E-state index contributed by atoms with van der Waals surface area (Å²) in [7, 11) is 0. The Morgan fingerprint density at radius 1 is 0.927 bits per heavy atom. The number of ether oxygens (including phenoxy) is 1. The van der Waals surface area contributed by atoms with Crippen LogP contribution in [0.3, 0.4) is 0 Å². The third-order valence-electron chi connectivity index (χ3n) is 8.32. The van der Waals surface area contributed by atoms with E-state index < -0.39 is 47.1 Å². The normalized spacial score (nSPS) is 24.5. The molecule has 0 aliphatic carbocycles. The van der Waals surface area contributed by atoms with E-state index in [1.165, 1.54) is 36.4 Å². The first-order chi connectivity index (χ1) is 19.7. The molecular weight excluding hydrogens is 526 g/mol. The van der Waals surface area contributed by atoms with Gasteiger partial charge in [-0.2, -0.15) is 0 Å². The minimum Gasteiger partial charge on any atom is -0.504 e. The van der Waals surface area contributed by atoms with Gasteiger partial charge in [0.2, 0.25) is 17.7 Å². The van der Waals surface area contributed by atoms with Gasteiger partial charge >= 0.3 is 5.97 Å². The van der Waals surface area contributed by atoms with Gasteiger partial charge in [0, 0.05) is 17.3 Å². The number of hydrogen-bond donors (Lipinski definition) is 4. The summed E-state index contributed by atoms with van der Waals surface area (Å²) in [6, 6.07) is 15.4. The van der Waals surface area contributed by atoms with Gasteiger partial charge in [-0.05, 0) is 73.4 Å². The number of hydrogen-bond acceptors (Lipinski definition) is 8. The molecule has 0 bridgehead atoms. The van der Waals surface area contributed by atoms with E-state index in [1.54, 1.807) is 13.0 Å². The van der Waals surface area contributed by atoms with Crippen LogP contribution in [0.2, 0.25) is 0 Å². The number of fused-ring (bicyclic) bond motifs is 4. The highest BCUT2D eigenvalue weighted by Crippen LogP contribution is 2.54. The molecule has 4 N–H and O–H groups in total. The molecule has 3 heterocycles. The van der Waals surface area contributed by atoms with Gasteiger partial charge < -0.3 is 20.3 Å². The van der Waals surface area contributed by atoms with E-state index in [2.05, 4.69) is 10.6 Å².